The fourth-order valence-corrected chi connectivity index (χ4v) is 2.14. The Morgan fingerprint density at radius 1 is 1.43 bits per heavy atom. The summed E-state index contributed by atoms with van der Waals surface area (Å²) >= 11 is 0. The molecule has 116 valence electrons. The van der Waals surface area contributed by atoms with Crippen molar-refractivity contribution in [2.45, 2.75) is 44.7 Å². The first kappa shape index (κ1) is 15.6. The monoisotopic (exact) mass is 292 g/mol. The van der Waals surface area contributed by atoms with Crippen LogP contribution >= 0.6 is 0 Å². The van der Waals surface area contributed by atoms with Gasteiger partial charge in [0, 0.05) is 6.04 Å². The first-order valence-corrected chi connectivity index (χ1v) is 7.36. The number of carbonyl (C=O) groups excluding carboxylic acids is 1. The summed E-state index contributed by atoms with van der Waals surface area (Å²) < 4.78 is 11.1. The third-order valence-electron chi connectivity index (χ3n) is 3.80. The van der Waals surface area contributed by atoms with Crippen LogP contribution in [0.15, 0.2) is 18.2 Å². The molecule has 1 aliphatic carbocycles. The Balaban J connectivity index is 2.07. The third kappa shape index (κ3) is 3.88. The van der Waals surface area contributed by atoms with Gasteiger partial charge in [-0.25, -0.2) is 0 Å². The molecule has 21 heavy (non-hydrogen) atoms. The lowest BCUT2D eigenvalue weighted by molar-refractivity contribution is -0.125. The summed E-state index contributed by atoms with van der Waals surface area (Å²) in [6, 6.07) is 6.19. The van der Waals surface area contributed by atoms with Crippen LogP contribution in [-0.2, 0) is 11.2 Å². The van der Waals surface area contributed by atoms with E-state index in [0.29, 0.717) is 17.5 Å². The van der Waals surface area contributed by atoms with Gasteiger partial charge < -0.3 is 15.2 Å². The Kier molecular flexibility index (Phi) is 4.73. The van der Waals surface area contributed by atoms with Crippen molar-refractivity contribution in [2.75, 3.05) is 13.7 Å². The Labute approximate surface area is 125 Å². The van der Waals surface area contributed by atoms with Crippen LogP contribution in [0.25, 0.3) is 0 Å². The normalized spacial score (nSPS) is 17.1. The summed E-state index contributed by atoms with van der Waals surface area (Å²) in [4.78, 5) is 11.7. The highest BCUT2D eigenvalue weighted by Gasteiger charge is 2.38. The maximum Gasteiger partial charge on any atom is 0.240 e. The smallest absolute Gasteiger partial charge is 0.240 e. The quantitative estimate of drug-likeness (QED) is 0.764. The molecule has 1 aliphatic rings. The van der Waals surface area contributed by atoms with E-state index in [0.717, 1.165) is 19.3 Å². The number of hydrogen-bond acceptors (Lipinski definition) is 4. The van der Waals surface area contributed by atoms with Gasteiger partial charge in [0.2, 0.25) is 5.91 Å². The molecule has 1 amide bonds. The largest absolute Gasteiger partial charge is 0.493 e. The minimum absolute atomic E-state index is 0.181. The standard InChI is InChI=1S/C16H24N2O3/c1-4-11-5-8-13(14(9-11)20-3)21-10-16(2,15(17)19)18-12-6-7-12/h5,8-9,12,18H,4,6-7,10H2,1-3H3,(H2,17,19). The maximum absolute atomic E-state index is 11.7. The van der Waals surface area contributed by atoms with E-state index in [1.54, 1.807) is 14.0 Å². The molecule has 2 rings (SSSR count). The topological polar surface area (TPSA) is 73.6 Å². The van der Waals surface area contributed by atoms with Gasteiger partial charge in [-0.3, -0.25) is 10.1 Å². The molecule has 0 saturated heterocycles. The molecule has 3 N–H and O–H groups in total. The van der Waals surface area contributed by atoms with E-state index in [1.165, 1.54) is 5.56 Å². The number of aryl methyl sites for hydroxylation is 1. The number of ether oxygens (including phenoxy) is 2. The van der Waals surface area contributed by atoms with Crippen molar-refractivity contribution in [3.05, 3.63) is 23.8 Å². The fraction of sp³-hybridized carbons (Fsp3) is 0.562. The summed E-state index contributed by atoms with van der Waals surface area (Å²) in [6.45, 7) is 4.04. The highest BCUT2D eigenvalue weighted by molar-refractivity contribution is 5.84. The van der Waals surface area contributed by atoms with Crippen LogP contribution in [0.1, 0.15) is 32.3 Å². The molecule has 0 aromatic heterocycles. The summed E-state index contributed by atoms with van der Waals surface area (Å²) in [6.07, 6.45) is 3.09. The minimum atomic E-state index is -0.865. The highest BCUT2D eigenvalue weighted by Crippen LogP contribution is 2.29. The molecule has 1 saturated carbocycles. The van der Waals surface area contributed by atoms with Gasteiger partial charge >= 0.3 is 0 Å². The predicted octanol–water partition coefficient (Wildman–Crippen LogP) is 1.63. The first-order chi connectivity index (χ1) is 9.98. The summed E-state index contributed by atoms with van der Waals surface area (Å²) in [7, 11) is 1.61. The van der Waals surface area contributed by atoms with E-state index in [1.807, 2.05) is 18.2 Å². The molecule has 0 spiro atoms. The van der Waals surface area contributed by atoms with Crippen LogP contribution in [0, 0.1) is 0 Å². The van der Waals surface area contributed by atoms with Crippen molar-refractivity contribution >= 4 is 5.91 Å². The lowest BCUT2D eigenvalue weighted by atomic mass is 10.0. The number of rotatable bonds is 8. The number of nitrogens with two attached hydrogens (primary N) is 1. The zero-order valence-electron chi connectivity index (χ0n) is 12.9. The number of hydrogen-bond donors (Lipinski definition) is 2. The van der Waals surface area contributed by atoms with Gasteiger partial charge in [-0.05, 0) is 43.9 Å². The first-order valence-electron chi connectivity index (χ1n) is 7.36. The Hall–Kier alpha value is -1.75. The summed E-state index contributed by atoms with van der Waals surface area (Å²) in [5.74, 6) is 0.894. The van der Waals surface area contributed by atoms with E-state index >= 15 is 0 Å². The Bertz CT molecular complexity index is 514. The Morgan fingerprint density at radius 2 is 2.14 bits per heavy atom. The molecule has 1 aromatic carbocycles. The maximum atomic E-state index is 11.7. The van der Waals surface area contributed by atoms with Crippen molar-refractivity contribution in [1.29, 1.82) is 0 Å². The second kappa shape index (κ2) is 6.35. The van der Waals surface area contributed by atoms with Gasteiger partial charge in [-0.15, -0.1) is 0 Å². The Morgan fingerprint density at radius 3 is 2.67 bits per heavy atom. The molecule has 0 bridgehead atoms. The zero-order chi connectivity index (χ0) is 15.5. The van der Waals surface area contributed by atoms with Gasteiger partial charge in [0.1, 0.15) is 12.1 Å². The van der Waals surface area contributed by atoms with E-state index in [4.69, 9.17) is 15.2 Å². The van der Waals surface area contributed by atoms with Crippen molar-refractivity contribution < 1.29 is 14.3 Å². The van der Waals surface area contributed by atoms with E-state index < -0.39 is 11.4 Å². The van der Waals surface area contributed by atoms with Gasteiger partial charge in [0.15, 0.2) is 11.5 Å². The summed E-state index contributed by atoms with van der Waals surface area (Å²) in [5, 5.41) is 3.26. The average molecular weight is 292 g/mol. The van der Waals surface area contributed by atoms with Crippen molar-refractivity contribution in [1.82, 2.24) is 5.32 Å². The van der Waals surface area contributed by atoms with Gasteiger partial charge in [-0.2, -0.15) is 0 Å². The number of benzene rings is 1. The number of primary amides is 1. The number of methoxy groups -OCH3 is 1. The molecule has 1 aromatic rings. The van der Waals surface area contributed by atoms with Crippen LogP contribution in [0.2, 0.25) is 0 Å². The second-order valence-electron chi connectivity index (χ2n) is 5.74. The molecule has 5 nitrogen and oxygen atoms in total. The number of carbonyl (C=O) groups is 1. The minimum Gasteiger partial charge on any atom is -0.493 e. The van der Waals surface area contributed by atoms with Gasteiger partial charge in [0.05, 0.1) is 7.11 Å². The van der Waals surface area contributed by atoms with E-state index in [2.05, 4.69) is 12.2 Å². The van der Waals surface area contributed by atoms with Gasteiger partial charge in [-0.1, -0.05) is 13.0 Å². The SMILES string of the molecule is CCc1ccc(OCC(C)(NC2CC2)C(N)=O)c(OC)c1. The van der Waals surface area contributed by atoms with E-state index in [9.17, 15) is 4.79 Å². The second-order valence-corrected chi connectivity index (χ2v) is 5.74. The van der Waals surface area contributed by atoms with Crippen molar-refractivity contribution in [3.8, 4) is 11.5 Å². The molecular formula is C16H24N2O3. The molecular weight excluding hydrogens is 268 g/mol. The van der Waals surface area contributed by atoms with Crippen LogP contribution in [0.3, 0.4) is 0 Å². The highest BCUT2D eigenvalue weighted by atomic mass is 16.5. The zero-order valence-corrected chi connectivity index (χ0v) is 12.9. The molecule has 0 aliphatic heterocycles. The van der Waals surface area contributed by atoms with Crippen LogP contribution in [0.5, 0.6) is 11.5 Å². The van der Waals surface area contributed by atoms with E-state index in [-0.39, 0.29) is 6.61 Å². The van der Waals surface area contributed by atoms with Crippen LogP contribution in [-0.4, -0.2) is 31.2 Å². The summed E-state index contributed by atoms with van der Waals surface area (Å²) in [5.41, 5.74) is 5.82. The number of amides is 1. The molecule has 1 atom stereocenters. The third-order valence-corrected chi connectivity index (χ3v) is 3.80. The van der Waals surface area contributed by atoms with Crippen LogP contribution < -0.4 is 20.5 Å². The van der Waals surface area contributed by atoms with Crippen LogP contribution in [0.4, 0.5) is 0 Å². The molecule has 0 heterocycles. The van der Waals surface area contributed by atoms with Gasteiger partial charge in [0.25, 0.3) is 0 Å². The average Bonchev–Trinajstić information content (AvgIpc) is 3.28. The lowest BCUT2D eigenvalue weighted by Gasteiger charge is -2.28. The lowest BCUT2D eigenvalue weighted by Crippen LogP contribution is -2.57. The number of nitrogens with one attached hydrogen (secondary N) is 1. The fourth-order valence-electron chi connectivity index (χ4n) is 2.14. The molecule has 5 heteroatoms. The van der Waals surface area contributed by atoms with Crippen molar-refractivity contribution in [3.63, 3.8) is 0 Å². The molecule has 1 unspecified atom stereocenters. The molecule has 0 radical (unpaired) electrons. The molecule has 1 fully saturated rings. The predicted molar refractivity (Wildman–Crippen MR) is 81.6 cm³/mol. The van der Waals surface area contributed by atoms with Crippen molar-refractivity contribution in [2.24, 2.45) is 5.73 Å².